The van der Waals surface area contributed by atoms with Crippen LogP contribution in [0.5, 0.6) is 5.88 Å². The van der Waals surface area contributed by atoms with Crippen molar-refractivity contribution in [3.63, 3.8) is 0 Å². The molecule has 0 unspecified atom stereocenters. The fourth-order valence-electron chi connectivity index (χ4n) is 6.25. The molecule has 2 aromatic carbocycles. The van der Waals surface area contributed by atoms with Crippen LogP contribution in [0.15, 0.2) is 59.0 Å². The summed E-state index contributed by atoms with van der Waals surface area (Å²) in [6.07, 6.45) is 3.21. The molecule has 0 spiro atoms. The van der Waals surface area contributed by atoms with Crippen LogP contribution in [0.25, 0.3) is 22.1 Å². The first-order valence-corrected chi connectivity index (χ1v) is 16.2. The van der Waals surface area contributed by atoms with Gasteiger partial charge in [-0.3, -0.25) is 4.90 Å². The van der Waals surface area contributed by atoms with Crippen LogP contribution in [0.1, 0.15) is 79.3 Å². The van der Waals surface area contributed by atoms with Gasteiger partial charge in [0.25, 0.3) is 0 Å². The summed E-state index contributed by atoms with van der Waals surface area (Å²) in [5.74, 6) is 2.33. The molecule has 5 heterocycles. The third-order valence-electron chi connectivity index (χ3n) is 8.70. The van der Waals surface area contributed by atoms with Gasteiger partial charge in [-0.25, -0.2) is 19.7 Å². The van der Waals surface area contributed by atoms with Crippen molar-refractivity contribution in [2.45, 2.75) is 84.3 Å². The Labute approximate surface area is 268 Å². The van der Waals surface area contributed by atoms with Crippen molar-refractivity contribution in [1.82, 2.24) is 24.4 Å². The normalized spacial score (nSPS) is 17.8. The number of aryl methyl sites for hydroxylation is 1. The molecule has 0 bridgehead atoms. The number of hydrogen-bond donors (Lipinski definition) is 0. The molecule has 0 radical (unpaired) electrons. The number of fused-ring (bicyclic) bond motifs is 2. The van der Waals surface area contributed by atoms with Gasteiger partial charge < -0.3 is 23.2 Å². The smallest absolute Gasteiger partial charge is 0.338 e. The van der Waals surface area contributed by atoms with E-state index in [0.29, 0.717) is 29.9 Å². The van der Waals surface area contributed by atoms with Crippen molar-refractivity contribution in [3.05, 3.63) is 83.1 Å². The minimum Gasteiger partial charge on any atom is -0.473 e. The lowest BCUT2D eigenvalue weighted by Gasteiger charge is -2.32. The van der Waals surface area contributed by atoms with Gasteiger partial charge in [0, 0.05) is 31.2 Å². The van der Waals surface area contributed by atoms with Crippen molar-refractivity contribution in [3.8, 4) is 5.88 Å². The van der Waals surface area contributed by atoms with E-state index in [9.17, 15) is 4.79 Å². The van der Waals surface area contributed by atoms with E-state index >= 15 is 0 Å². The van der Waals surface area contributed by atoms with E-state index in [4.69, 9.17) is 28.6 Å². The number of rotatable bonds is 9. The van der Waals surface area contributed by atoms with Crippen LogP contribution < -0.4 is 4.74 Å². The number of oxazole rings is 1. The highest BCUT2D eigenvalue weighted by molar-refractivity contribution is 5.94. The van der Waals surface area contributed by atoms with Gasteiger partial charge in [-0.15, -0.1) is 0 Å². The first kappa shape index (κ1) is 30.4. The van der Waals surface area contributed by atoms with E-state index in [0.717, 1.165) is 91.3 Å². The zero-order valence-electron chi connectivity index (χ0n) is 27.0. The Morgan fingerprint density at radius 2 is 1.78 bits per heavy atom. The first-order chi connectivity index (χ1) is 22.2. The molecule has 7 rings (SSSR count). The van der Waals surface area contributed by atoms with E-state index < -0.39 is 5.60 Å². The zero-order chi connectivity index (χ0) is 31.8. The molecule has 1 atom stereocenters. The number of carbonyl (C=O) groups is 1. The van der Waals surface area contributed by atoms with Crippen LogP contribution in [0.2, 0.25) is 0 Å². The van der Waals surface area contributed by atoms with Crippen LogP contribution in [-0.2, 0) is 29.2 Å². The number of carbonyl (C=O) groups excluding carboxylic acids is 1. The second-order valence-electron chi connectivity index (χ2n) is 13.4. The SMILES string of the molecule is Cc1nc2ccc(COc3cccc(C4CCN(Cc5nc6ccc(C(=O)OC(C)(C)C)cc6n5C[C@@H]5CCO5)CC4)n3)cc2o1. The van der Waals surface area contributed by atoms with Crippen molar-refractivity contribution < 1.29 is 23.4 Å². The third kappa shape index (κ3) is 6.78. The number of piperidine rings is 1. The van der Waals surface area contributed by atoms with Gasteiger partial charge in [-0.05, 0) is 95.1 Å². The lowest BCUT2D eigenvalue weighted by atomic mass is 9.93. The summed E-state index contributed by atoms with van der Waals surface area (Å²) in [6, 6.07) is 17.7. The highest BCUT2D eigenvalue weighted by atomic mass is 16.6. The molecule has 2 aliphatic rings. The van der Waals surface area contributed by atoms with Crippen LogP contribution in [0.3, 0.4) is 0 Å². The molecule has 46 heavy (non-hydrogen) atoms. The summed E-state index contributed by atoms with van der Waals surface area (Å²) in [5.41, 5.74) is 5.52. The van der Waals surface area contributed by atoms with Gasteiger partial charge in [0.1, 0.15) is 23.5 Å². The van der Waals surface area contributed by atoms with Crippen LogP contribution in [0, 0.1) is 6.92 Å². The highest BCUT2D eigenvalue weighted by Gasteiger charge is 2.27. The van der Waals surface area contributed by atoms with E-state index in [1.54, 1.807) is 0 Å². The van der Waals surface area contributed by atoms with Gasteiger partial charge in [0.05, 0.1) is 35.8 Å². The number of likely N-dealkylation sites (tertiary alicyclic amines) is 1. The molecule has 10 nitrogen and oxygen atoms in total. The number of benzene rings is 2. The van der Waals surface area contributed by atoms with E-state index in [1.807, 2.05) is 76.2 Å². The van der Waals surface area contributed by atoms with Crippen molar-refractivity contribution in [2.24, 2.45) is 0 Å². The van der Waals surface area contributed by atoms with Gasteiger partial charge in [-0.1, -0.05) is 12.1 Å². The van der Waals surface area contributed by atoms with Gasteiger partial charge in [-0.2, -0.15) is 0 Å². The van der Waals surface area contributed by atoms with Crippen molar-refractivity contribution in [2.75, 3.05) is 19.7 Å². The fraction of sp³-hybridized carbons (Fsp3) is 0.444. The molecule has 0 amide bonds. The number of esters is 1. The van der Waals surface area contributed by atoms with Gasteiger partial charge >= 0.3 is 5.97 Å². The molecule has 5 aromatic rings. The summed E-state index contributed by atoms with van der Waals surface area (Å²) in [5, 5.41) is 0. The average Bonchev–Trinajstić information content (AvgIpc) is 3.55. The number of hydrogen-bond acceptors (Lipinski definition) is 9. The van der Waals surface area contributed by atoms with Crippen LogP contribution >= 0.6 is 0 Å². The second-order valence-corrected chi connectivity index (χ2v) is 13.4. The molecule has 2 saturated heterocycles. The number of ether oxygens (including phenoxy) is 3. The van der Waals surface area contributed by atoms with E-state index in [1.165, 1.54) is 0 Å². The lowest BCUT2D eigenvalue weighted by molar-refractivity contribution is -0.0592. The summed E-state index contributed by atoms with van der Waals surface area (Å²) >= 11 is 0. The maximum Gasteiger partial charge on any atom is 0.338 e. The van der Waals surface area contributed by atoms with Gasteiger partial charge in [0.2, 0.25) is 5.88 Å². The summed E-state index contributed by atoms with van der Waals surface area (Å²) in [6.45, 7) is 12.1. The molecule has 2 aliphatic heterocycles. The Balaban J connectivity index is 1.00. The monoisotopic (exact) mass is 623 g/mol. The number of aromatic nitrogens is 4. The van der Waals surface area contributed by atoms with Crippen molar-refractivity contribution in [1.29, 1.82) is 0 Å². The van der Waals surface area contributed by atoms with Gasteiger partial charge in [0.15, 0.2) is 11.5 Å². The minimum atomic E-state index is -0.555. The molecule has 0 N–H and O–H groups in total. The fourth-order valence-corrected chi connectivity index (χ4v) is 6.25. The number of imidazole rings is 1. The maximum absolute atomic E-state index is 12.8. The quantitative estimate of drug-likeness (QED) is 0.168. The Morgan fingerprint density at radius 3 is 2.54 bits per heavy atom. The second kappa shape index (κ2) is 12.5. The largest absolute Gasteiger partial charge is 0.473 e. The molecular formula is C36H41N5O5. The Bertz CT molecular complexity index is 1860. The first-order valence-electron chi connectivity index (χ1n) is 16.2. The lowest BCUT2D eigenvalue weighted by Crippen LogP contribution is -2.35. The Morgan fingerprint density at radius 1 is 0.978 bits per heavy atom. The highest BCUT2D eigenvalue weighted by Crippen LogP contribution is 2.30. The van der Waals surface area contributed by atoms with E-state index in [2.05, 4.69) is 20.5 Å². The third-order valence-corrected chi connectivity index (χ3v) is 8.70. The van der Waals surface area contributed by atoms with Crippen LogP contribution in [-0.4, -0.2) is 61.8 Å². The topological polar surface area (TPSA) is 105 Å². The maximum atomic E-state index is 12.8. The van der Waals surface area contributed by atoms with Crippen molar-refractivity contribution >= 4 is 28.1 Å². The zero-order valence-corrected chi connectivity index (χ0v) is 27.0. The van der Waals surface area contributed by atoms with E-state index in [-0.39, 0.29) is 12.1 Å². The van der Waals surface area contributed by atoms with Crippen LogP contribution in [0.4, 0.5) is 0 Å². The standard InChI is InChI=1S/C36H41N5O5/c1-23-37-30-10-8-24(18-32(30)45-23)22-44-34-7-5-6-28(39-34)25-12-15-40(16-13-25)21-33-38-29-11-9-26(35(42)46-36(2,3)4)19-31(29)41(33)20-27-14-17-43-27/h5-11,18-19,25,27H,12-17,20-22H2,1-4H3/t27-/m0/s1. The summed E-state index contributed by atoms with van der Waals surface area (Å²) in [7, 11) is 0. The molecule has 2 fully saturated rings. The minimum absolute atomic E-state index is 0.168. The Hall–Kier alpha value is -4.28. The number of pyridine rings is 1. The molecular weight excluding hydrogens is 582 g/mol. The molecule has 3 aromatic heterocycles. The number of nitrogens with zero attached hydrogens (tertiary/aromatic N) is 5. The molecule has 0 aliphatic carbocycles. The predicted molar refractivity (Wildman–Crippen MR) is 174 cm³/mol. The Kier molecular flexibility index (Phi) is 8.25. The summed E-state index contributed by atoms with van der Waals surface area (Å²) in [4.78, 5) is 29.6. The molecule has 0 saturated carbocycles. The summed E-state index contributed by atoms with van der Waals surface area (Å²) < 4.78 is 25.4. The molecule has 10 heteroatoms. The molecule has 240 valence electrons. The average molecular weight is 624 g/mol. The predicted octanol–water partition coefficient (Wildman–Crippen LogP) is 6.58.